The first-order valence-electron chi connectivity index (χ1n) is 6.30. The van der Waals surface area contributed by atoms with E-state index in [0.717, 1.165) is 13.0 Å². The van der Waals surface area contributed by atoms with E-state index in [0.29, 0.717) is 11.4 Å². The lowest BCUT2D eigenvalue weighted by Crippen LogP contribution is -2.26. The first-order chi connectivity index (χ1) is 8.31. The van der Waals surface area contributed by atoms with E-state index in [9.17, 15) is 8.42 Å². The Morgan fingerprint density at radius 2 is 1.67 bits per heavy atom. The molecule has 0 aliphatic heterocycles. The molecule has 0 bridgehead atoms. The topological polar surface area (TPSA) is 46.2 Å². The highest BCUT2D eigenvalue weighted by molar-refractivity contribution is 7.91. The Kier molecular flexibility index (Phi) is 5.35. The van der Waals surface area contributed by atoms with E-state index in [4.69, 9.17) is 0 Å². The van der Waals surface area contributed by atoms with Crippen LogP contribution in [-0.2, 0) is 9.84 Å². The molecular weight excluding hydrogens is 246 g/mol. The second-order valence-electron chi connectivity index (χ2n) is 5.69. The fourth-order valence-electron chi connectivity index (χ4n) is 1.54. The molecule has 0 spiro atoms. The van der Waals surface area contributed by atoms with E-state index in [1.807, 2.05) is 6.07 Å². The molecule has 0 aromatic heterocycles. The monoisotopic (exact) mass is 269 g/mol. The third-order valence-corrected chi connectivity index (χ3v) is 4.43. The van der Waals surface area contributed by atoms with Crippen LogP contribution in [0.15, 0.2) is 35.2 Å². The van der Waals surface area contributed by atoms with Crippen LogP contribution in [0, 0.1) is 5.41 Å². The smallest absolute Gasteiger partial charge is 0.179 e. The Balaban J connectivity index is 2.36. The van der Waals surface area contributed by atoms with E-state index in [-0.39, 0.29) is 11.2 Å². The third-order valence-electron chi connectivity index (χ3n) is 2.70. The summed E-state index contributed by atoms with van der Waals surface area (Å²) < 4.78 is 23.9. The van der Waals surface area contributed by atoms with E-state index in [2.05, 4.69) is 26.1 Å². The standard InChI is InChI=1S/C14H23NO2S/c1-14(2,3)9-10-15-11-12-18(16,17)13-7-5-4-6-8-13/h4-8,15H,9-12H2,1-3H3. The largest absolute Gasteiger partial charge is 0.316 e. The van der Waals surface area contributed by atoms with Crippen molar-refractivity contribution >= 4 is 9.84 Å². The van der Waals surface area contributed by atoms with Gasteiger partial charge in [0.25, 0.3) is 0 Å². The van der Waals surface area contributed by atoms with E-state index >= 15 is 0 Å². The van der Waals surface area contributed by atoms with Gasteiger partial charge >= 0.3 is 0 Å². The molecule has 1 aromatic carbocycles. The summed E-state index contributed by atoms with van der Waals surface area (Å²) in [5.41, 5.74) is 0.283. The summed E-state index contributed by atoms with van der Waals surface area (Å²) in [4.78, 5) is 0.405. The zero-order valence-electron chi connectivity index (χ0n) is 11.4. The minimum Gasteiger partial charge on any atom is -0.316 e. The van der Waals surface area contributed by atoms with Gasteiger partial charge < -0.3 is 5.32 Å². The summed E-state index contributed by atoms with van der Waals surface area (Å²) in [6, 6.07) is 8.61. The van der Waals surface area contributed by atoms with Crippen molar-refractivity contribution in [1.82, 2.24) is 5.32 Å². The molecule has 0 radical (unpaired) electrons. The molecular formula is C14H23NO2S. The van der Waals surface area contributed by atoms with Gasteiger partial charge in [-0.1, -0.05) is 39.0 Å². The number of hydrogen-bond donors (Lipinski definition) is 1. The van der Waals surface area contributed by atoms with Crippen LogP contribution >= 0.6 is 0 Å². The minimum atomic E-state index is -3.14. The van der Waals surface area contributed by atoms with Gasteiger partial charge in [0.05, 0.1) is 10.6 Å². The fraction of sp³-hybridized carbons (Fsp3) is 0.571. The number of rotatable bonds is 6. The van der Waals surface area contributed by atoms with Crippen molar-refractivity contribution in [1.29, 1.82) is 0 Å². The minimum absolute atomic E-state index is 0.154. The van der Waals surface area contributed by atoms with Crippen LogP contribution in [0.1, 0.15) is 27.2 Å². The molecule has 102 valence electrons. The molecule has 4 heteroatoms. The van der Waals surface area contributed by atoms with Crippen molar-refractivity contribution in [3.05, 3.63) is 30.3 Å². The molecule has 0 heterocycles. The summed E-state index contributed by atoms with van der Waals surface area (Å²) in [5, 5.41) is 3.19. The molecule has 1 N–H and O–H groups in total. The maximum Gasteiger partial charge on any atom is 0.179 e. The summed E-state index contributed by atoms with van der Waals surface area (Å²) in [5.74, 6) is 0.154. The Hall–Kier alpha value is -0.870. The summed E-state index contributed by atoms with van der Waals surface area (Å²) in [7, 11) is -3.14. The second-order valence-corrected chi connectivity index (χ2v) is 7.80. The highest BCUT2D eigenvalue weighted by Crippen LogP contribution is 2.16. The zero-order valence-corrected chi connectivity index (χ0v) is 12.3. The SMILES string of the molecule is CC(C)(C)CCNCCS(=O)(=O)c1ccccc1. The Morgan fingerprint density at radius 3 is 2.22 bits per heavy atom. The van der Waals surface area contributed by atoms with Gasteiger partial charge in [-0.15, -0.1) is 0 Å². The van der Waals surface area contributed by atoms with Crippen molar-refractivity contribution in [3.8, 4) is 0 Å². The van der Waals surface area contributed by atoms with Crippen molar-refractivity contribution in [3.63, 3.8) is 0 Å². The molecule has 0 saturated carbocycles. The van der Waals surface area contributed by atoms with Gasteiger partial charge in [0.1, 0.15) is 0 Å². The Morgan fingerprint density at radius 1 is 1.06 bits per heavy atom. The molecule has 0 aliphatic carbocycles. The maximum absolute atomic E-state index is 12.0. The summed E-state index contributed by atoms with van der Waals surface area (Å²) >= 11 is 0. The average Bonchev–Trinajstić information content (AvgIpc) is 2.28. The summed E-state index contributed by atoms with van der Waals surface area (Å²) in [6.07, 6.45) is 1.04. The zero-order chi connectivity index (χ0) is 13.6. The highest BCUT2D eigenvalue weighted by Gasteiger charge is 2.13. The van der Waals surface area contributed by atoms with Crippen LogP contribution in [-0.4, -0.2) is 27.3 Å². The normalized spacial score (nSPS) is 12.6. The van der Waals surface area contributed by atoms with E-state index in [1.165, 1.54) is 0 Å². The van der Waals surface area contributed by atoms with Crippen molar-refractivity contribution in [2.45, 2.75) is 32.1 Å². The summed E-state index contributed by atoms with van der Waals surface area (Å²) in [6.45, 7) is 7.89. The van der Waals surface area contributed by atoms with Crippen LogP contribution in [0.2, 0.25) is 0 Å². The van der Waals surface area contributed by atoms with Crippen LogP contribution in [0.4, 0.5) is 0 Å². The molecule has 1 aromatic rings. The van der Waals surface area contributed by atoms with Gasteiger partial charge in [-0.25, -0.2) is 8.42 Å². The van der Waals surface area contributed by atoms with Crippen molar-refractivity contribution in [2.24, 2.45) is 5.41 Å². The lowest BCUT2D eigenvalue weighted by Gasteiger charge is -2.18. The maximum atomic E-state index is 12.0. The third kappa shape index (κ3) is 5.65. The van der Waals surface area contributed by atoms with Gasteiger partial charge in [0.2, 0.25) is 0 Å². The first kappa shape index (κ1) is 15.2. The lowest BCUT2D eigenvalue weighted by molar-refractivity contribution is 0.369. The van der Waals surface area contributed by atoms with Crippen LogP contribution < -0.4 is 5.32 Å². The molecule has 0 saturated heterocycles. The van der Waals surface area contributed by atoms with Gasteiger partial charge in [-0.3, -0.25) is 0 Å². The molecule has 0 fully saturated rings. The van der Waals surface area contributed by atoms with Crippen molar-refractivity contribution in [2.75, 3.05) is 18.8 Å². The van der Waals surface area contributed by atoms with E-state index < -0.39 is 9.84 Å². The van der Waals surface area contributed by atoms with Gasteiger partial charge in [-0.05, 0) is 30.5 Å². The van der Waals surface area contributed by atoms with Gasteiger partial charge in [-0.2, -0.15) is 0 Å². The number of sulfone groups is 1. The Labute approximate surface area is 111 Å². The average molecular weight is 269 g/mol. The second kappa shape index (κ2) is 6.34. The molecule has 1 rings (SSSR count). The fourth-order valence-corrected chi connectivity index (χ4v) is 2.76. The molecule has 0 atom stereocenters. The molecule has 0 aliphatic rings. The van der Waals surface area contributed by atoms with E-state index in [1.54, 1.807) is 24.3 Å². The number of benzene rings is 1. The number of nitrogens with one attached hydrogen (secondary N) is 1. The molecule has 3 nitrogen and oxygen atoms in total. The molecule has 0 amide bonds. The van der Waals surface area contributed by atoms with Crippen LogP contribution in [0.3, 0.4) is 0 Å². The predicted octanol–water partition coefficient (Wildman–Crippen LogP) is 2.49. The quantitative estimate of drug-likeness (QED) is 0.807. The van der Waals surface area contributed by atoms with Crippen molar-refractivity contribution < 1.29 is 8.42 Å². The Bertz CT molecular complexity index is 446. The van der Waals surface area contributed by atoms with Crippen LogP contribution in [0.5, 0.6) is 0 Å². The first-order valence-corrected chi connectivity index (χ1v) is 7.95. The molecule has 0 unspecified atom stereocenters. The van der Waals surface area contributed by atoms with Crippen LogP contribution in [0.25, 0.3) is 0 Å². The van der Waals surface area contributed by atoms with Gasteiger partial charge in [0.15, 0.2) is 9.84 Å². The molecule has 18 heavy (non-hydrogen) atoms. The van der Waals surface area contributed by atoms with Gasteiger partial charge in [0, 0.05) is 6.54 Å². The number of hydrogen-bond acceptors (Lipinski definition) is 3. The predicted molar refractivity (Wildman–Crippen MR) is 75.4 cm³/mol. The highest BCUT2D eigenvalue weighted by atomic mass is 32.2. The lowest BCUT2D eigenvalue weighted by atomic mass is 9.92.